The van der Waals surface area contributed by atoms with Crippen LogP contribution in [-0.2, 0) is 9.59 Å². The molecule has 1 atom stereocenters. The van der Waals surface area contributed by atoms with Gasteiger partial charge in [-0.25, -0.2) is 4.39 Å². The summed E-state index contributed by atoms with van der Waals surface area (Å²) < 4.78 is 19.4. The molecule has 4 rings (SSSR count). The molecule has 0 spiro atoms. The first kappa shape index (κ1) is 23.4. The molecule has 1 aliphatic rings. The van der Waals surface area contributed by atoms with E-state index in [0.717, 1.165) is 10.8 Å². The van der Waals surface area contributed by atoms with Crippen LogP contribution in [-0.4, -0.2) is 60.9 Å². The summed E-state index contributed by atoms with van der Waals surface area (Å²) in [5, 5.41) is 13.0. The number of rotatable bonds is 7. The standard InChI is InChI=1S/C27H27FN2O4/c1-29(2)12-5-13-30-24(19-6-4-7-21(28)15-19)23(26(32)27(30)33)25(31)20-9-8-18-16-22(34-3)11-10-17(18)14-20/h4,6-11,14-16,24,31H,5,12-13H2,1-3H3/b25-23+. The van der Waals surface area contributed by atoms with Gasteiger partial charge in [-0.05, 0) is 73.7 Å². The number of aliphatic hydroxyl groups is 1. The second-order valence-corrected chi connectivity index (χ2v) is 8.63. The molecule has 0 aliphatic carbocycles. The topological polar surface area (TPSA) is 70.1 Å². The first-order valence-electron chi connectivity index (χ1n) is 11.1. The fraction of sp³-hybridized carbons (Fsp3) is 0.259. The third-order valence-corrected chi connectivity index (χ3v) is 6.03. The molecule has 1 N–H and O–H groups in total. The van der Waals surface area contributed by atoms with Crippen LogP contribution in [0.1, 0.15) is 23.6 Å². The molecule has 0 radical (unpaired) electrons. The molecule has 3 aromatic carbocycles. The van der Waals surface area contributed by atoms with Crippen molar-refractivity contribution >= 4 is 28.2 Å². The van der Waals surface area contributed by atoms with E-state index >= 15 is 0 Å². The molecular weight excluding hydrogens is 435 g/mol. The quantitative estimate of drug-likeness (QED) is 0.321. The van der Waals surface area contributed by atoms with Gasteiger partial charge in [0.25, 0.3) is 11.7 Å². The zero-order valence-corrected chi connectivity index (χ0v) is 19.4. The van der Waals surface area contributed by atoms with E-state index in [1.807, 2.05) is 43.3 Å². The number of hydrogen-bond donors (Lipinski definition) is 1. The zero-order chi connectivity index (χ0) is 24.4. The molecule has 34 heavy (non-hydrogen) atoms. The molecule has 6 nitrogen and oxygen atoms in total. The largest absolute Gasteiger partial charge is 0.507 e. The van der Waals surface area contributed by atoms with E-state index in [2.05, 4.69) is 0 Å². The number of amides is 1. The molecule has 1 heterocycles. The molecule has 0 bridgehead atoms. The first-order chi connectivity index (χ1) is 16.3. The Balaban J connectivity index is 1.81. The van der Waals surface area contributed by atoms with Gasteiger partial charge in [0.2, 0.25) is 0 Å². The van der Waals surface area contributed by atoms with Crippen molar-refractivity contribution in [2.45, 2.75) is 12.5 Å². The maximum absolute atomic E-state index is 14.1. The lowest BCUT2D eigenvalue weighted by atomic mass is 9.94. The molecule has 1 aliphatic heterocycles. The summed E-state index contributed by atoms with van der Waals surface area (Å²) in [6.45, 7) is 1.02. The number of methoxy groups -OCH3 is 1. The minimum atomic E-state index is -0.871. The van der Waals surface area contributed by atoms with Crippen LogP contribution in [0.15, 0.2) is 66.2 Å². The number of fused-ring (bicyclic) bond motifs is 1. The Morgan fingerprint density at radius 2 is 1.79 bits per heavy atom. The highest BCUT2D eigenvalue weighted by Gasteiger charge is 2.45. The fourth-order valence-corrected chi connectivity index (χ4v) is 4.34. The summed E-state index contributed by atoms with van der Waals surface area (Å²) in [5.41, 5.74) is 0.815. The third kappa shape index (κ3) is 4.52. The molecule has 1 unspecified atom stereocenters. The van der Waals surface area contributed by atoms with Gasteiger partial charge in [0, 0.05) is 12.1 Å². The summed E-state index contributed by atoms with van der Waals surface area (Å²) in [7, 11) is 5.44. The molecule has 1 saturated heterocycles. The maximum Gasteiger partial charge on any atom is 0.295 e. The van der Waals surface area contributed by atoms with Gasteiger partial charge in [-0.15, -0.1) is 0 Å². The van der Waals surface area contributed by atoms with E-state index in [9.17, 15) is 19.1 Å². The van der Waals surface area contributed by atoms with Gasteiger partial charge in [0.05, 0.1) is 18.7 Å². The van der Waals surface area contributed by atoms with Crippen molar-refractivity contribution in [1.82, 2.24) is 9.80 Å². The number of likely N-dealkylation sites (tertiary alicyclic amines) is 1. The lowest BCUT2D eigenvalue weighted by molar-refractivity contribution is -0.139. The average Bonchev–Trinajstić information content (AvgIpc) is 3.07. The van der Waals surface area contributed by atoms with Gasteiger partial charge in [-0.1, -0.05) is 30.3 Å². The molecule has 7 heteroatoms. The Hall–Kier alpha value is -3.71. The van der Waals surface area contributed by atoms with Crippen LogP contribution in [0.2, 0.25) is 0 Å². The van der Waals surface area contributed by atoms with E-state index in [0.29, 0.717) is 36.4 Å². The number of aliphatic hydroxyl groups excluding tert-OH is 1. The Bertz CT molecular complexity index is 1280. The van der Waals surface area contributed by atoms with Crippen LogP contribution in [0.3, 0.4) is 0 Å². The number of halogens is 1. The predicted molar refractivity (Wildman–Crippen MR) is 129 cm³/mol. The fourth-order valence-electron chi connectivity index (χ4n) is 4.34. The van der Waals surface area contributed by atoms with Gasteiger partial charge >= 0.3 is 0 Å². The van der Waals surface area contributed by atoms with Crippen LogP contribution in [0.25, 0.3) is 16.5 Å². The monoisotopic (exact) mass is 462 g/mol. The second kappa shape index (κ2) is 9.65. The number of carbonyl (C=O) groups excluding carboxylic acids is 2. The molecule has 1 fully saturated rings. The number of nitrogens with zero attached hydrogens (tertiary/aromatic N) is 2. The summed E-state index contributed by atoms with van der Waals surface area (Å²) in [6, 6.07) is 15.7. The van der Waals surface area contributed by atoms with Crippen LogP contribution < -0.4 is 4.74 Å². The smallest absolute Gasteiger partial charge is 0.295 e. The van der Waals surface area contributed by atoms with Crippen molar-refractivity contribution in [2.75, 3.05) is 34.3 Å². The Morgan fingerprint density at radius 3 is 2.50 bits per heavy atom. The van der Waals surface area contributed by atoms with Crippen LogP contribution in [0.4, 0.5) is 4.39 Å². The molecular formula is C27H27FN2O4. The van der Waals surface area contributed by atoms with Crippen LogP contribution in [0, 0.1) is 5.82 Å². The van der Waals surface area contributed by atoms with Gasteiger partial charge in [-0.2, -0.15) is 0 Å². The normalized spacial score (nSPS) is 17.7. The van der Waals surface area contributed by atoms with Crippen molar-refractivity contribution in [1.29, 1.82) is 0 Å². The first-order valence-corrected chi connectivity index (χ1v) is 11.1. The van der Waals surface area contributed by atoms with Crippen molar-refractivity contribution in [2.24, 2.45) is 0 Å². The number of benzene rings is 3. The molecule has 0 saturated carbocycles. The number of carbonyl (C=O) groups is 2. The Kier molecular flexibility index (Phi) is 6.65. The second-order valence-electron chi connectivity index (χ2n) is 8.63. The highest BCUT2D eigenvalue weighted by molar-refractivity contribution is 6.46. The number of ether oxygens (including phenoxy) is 1. The van der Waals surface area contributed by atoms with Crippen LogP contribution in [0.5, 0.6) is 5.75 Å². The van der Waals surface area contributed by atoms with Crippen molar-refractivity contribution in [3.8, 4) is 5.75 Å². The Labute approximate surface area is 197 Å². The van der Waals surface area contributed by atoms with Crippen molar-refractivity contribution in [3.63, 3.8) is 0 Å². The minimum Gasteiger partial charge on any atom is -0.507 e. The van der Waals surface area contributed by atoms with E-state index in [4.69, 9.17) is 4.74 Å². The Morgan fingerprint density at radius 1 is 1.06 bits per heavy atom. The lowest BCUT2D eigenvalue weighted by Gasteiger charge is -2.26. The number of Topliss-reactive ketones (excluding diaryl/α,β-unsaturated/α-hetero) is 1. The molecule has 3 aromatic rings. The van der Waals surface area contributed by atoms with Crippen LogP contribution >= 0.6 is 0 Å². The lowest BCUT2D eigenvalue weighted by Crippen LogP contribution is -2.32. The highest BCUT2D eigenvalue weighted by Crippen LogP contribution is 2.40. The van der Waals surface area contributed by atoms with Gasteiger partial charge in [-0.3, -0.25) is 9.59 Å². The average molecular weight is 463 g/mol. The third-order valence-electron chi connectivity index (χ3n) is 6.03. The molecule has 1 amide bonds. The van der Waals surface area contributed by atoms with Gasteiger partial charge in [0.1, 0.15) is 17.3 Å². The van der Waals surface area contributed by atoms with E-state index in [1.54, 1.807) is 25.3 Å². The summed E-state index contributed by atoms with van der Waals surface area (Å²) in [5.74, 6) is -1.51. The predicted octanol–water partition coefficient (Wildman–Crippen LogP) is 4.36. The number of ketones is 1. The van der Waals surface area contributed by atoms with Gasteiger partial charge < -0.3 is 19.6 Å². The SMILES string of the molecule is COc1ccc2cc(/C(O)=C3\C(=O)C(=O)N(CCCN(C)C)C3c3cccc(F)c3)ccc2c1. The molecule has 176 valence electrons. The minimum absolute atomic E-state index is 0.0340. The van der Waals surface area contributed by atoms with Crippen molar-refractivity contribution in [3.05, 3.63) is 83.2 Å². The molecule has 0 aromatic heterocycles. The van der Waals surface area contributed by atoms with Crippen molar-refractivity contribution < 1.29 is 23.8 Å². The summed E-state index contributed by atoms with van der Waals surface area (Å²) in [6.07, 6.45) is 0.629. The maximum atomic E-state index is 14.1. The summed E-state index contributed by atoms with van der Waals surface area (Å²) >= 11 is 0. The van der Waals surface area contributed by atoms with E-state index in [1.165, 1.54) is 23.1 Å². The number of hydrogen-bond acceptors (Lipinski definition) is 5. The highest BCUT2D eigenvalue weighted by atomic mass is 19.1. The zero-order valence-electron chi connectivity index (χ0n) is 19.4. The van der Waals surface area contributed by atoms with Gasteiger partial charge in [0.15, 0.2) is 0 Å². The van der Waals surface area contributed by atoms with E-state index in [-0.39, 0.29) is 11.3 Å². The summed E-state index contributed by atoms with van der Waals surface area (Å²) in [4.78, 5) is 29.5. The van der Waals surface area contributed by atoms with E-state index < -0.39 is 23.5 Å².